The van der Waals surface area contributed by atoms with Gasteiger partial charge < -0.3 is 20.1 Å². The van der Waals surface area contributed by atoms with Crippen LogP contribution in [0.3, 0.4) is 0 Å². The predicted molar refractivity (Wildman–Crippen MR) is 82.3 cm³/mol. The van der Waals surface area contributed by atoms with Gasteiger partial charge in [-0.1, -0.05) is 0 Å². The molecule has 0 aromatic heterocycles. The quantitative estimate of drug-likeness (QED) is 0.668. The van der Waals surface area contributed by atoms with Crippen molar-refractivity contribution in [1.82, 2.24) is 10.6 Å². The molecule has 21 heavy (non-hydrogen) atoms. The average molecular weight is 298 g/mol. The molecule has 2 saturated heterocycles. The van der Waals surface area contributed by atoms with Crippen LogP contribution < -0.4 is 10.6 Å². The highest BCUT2D eigenvalue weighted by molar-refractivity contribution is 5.75. The van der Waals surface area contributed by atoms with E-state index >= 15 is 0 Å². The summed E-state index contributed by atoms with van der Waals surface area (Å²) in [6.45, 7) is 4.45. The molecular formula is C16H30N2O3. The van der Waals surface area contributed by atoms with E-state index in [1.54, 1.807) is 0 Å². The Balaban J connectivity index is 1.41. The van der Waals surface area contributed by atoms with Crippen LogP contribution in [0.4, 0.5) is 0 Å². The number of carbonyl (C=O) groups excluding carboxylic acids is 1. The Morgan fingerprint density at radius 1 is 1.24 bits per heavy atom. The molecule has 0 saturated carbocycles. The number of nitrogens with one attached hydrogen (secondary N) is 2. The first kappa shape index (κ1) is 16.7. The van der Waals surface area contributed by atoms with Crippen LogP contribution in [0.15, 0.2) is 0 Å². The van der Waals surface area contributed by atoms with E-state index in [1.165, 1.54) is 12.8 Å². The van der Waals surface area contributed by atoms with Crippen LogP contribution in [0.1, 0.15) is 51.4 Å². The fourth-order valence-corrected chi connectivity index (χ4v) is 2.93. The Kier molecular flexibility index (Phi) is 8.07. The topological polar surface area (TPSA) is 59.6 Å². The third-order valence-corrected chi connectivity index (χ3v) is 4.25. The molecule has 1 amide bonds. The number of ether oxygens (including phenoxy) is 2. The molecule has 1 unspecified atom stereocenters. The molecular weight excluding hydrogens is 268 g/mol. The average Bonchev–Trinajstić information content (AvgIpc) is 2.54. The fraction of sp³-hybridized carbons (Fsp3) is 0.938. The minimum Gasteiger partial charge on any atom is -0.378 e. The third-order valence-electron chi connectivity index (χ3n) is 4.25. The summed E-state index contributed by atoms with van der Waals surface area (Å²) >= 11 is 0. The summed E-state index contributed by atoms with van der Waals surface area (Å²) in [5.41, 5.74) is 0. The first-order valence-corrected chi connectivity index (χ1v) is 8.55. The van der Waals surface area contributed by atoms with Crippen molar-refractivity contribution >= 4 is 5.91 Å². The number of piperidine rings is 1. The Morgan fingerprint density at radius 2 is 2.10 bits per heavy atom. The Bertz CT molecular complexity index is 287. The van der Waals surface area contributed by atoms with Crippen molar-refractivity contribution in [3.8, 4) is 0 Å². The van der Waals surface area contributed by atoms with Gasteiger partial charge in [0.25, 0.3) is 0 Å². The van der Waals surface area contributed by atoms with Gasteiger partial charge in [-0.2, -0.15) is 0 Å². The van der Waals surface area contributed by atoms with E-state index in [0.29, 0.717) is 18.6 Å². The van der Waals surface area contributed by atoms with E-state index in [4.69, 9.17) is 9.47 Å². The second kappa shape index (κ2) is 10.1. The Labute approximate surface area is 128 Å². The molecule has 0 radical (unpaired) electrons. The molecule has 0 bridgehead atoms. The van der Waals surface area contributed by atoms with Gasteiger partial charge >= 0.3 is 0 Å². The van der Waals surface area contributed by atoms with E-state index in [2.05, 4.69) is 10.6 Å². The molecule has 2 fully saturated rings. The summed E-state index contributed by atoms with van der Waals surface area (Å²) in [6, 6.07) is 0. The van der Waals surface area contributed by atoms with Gasteiger partial charge in [-0.25, -0.2) is 0 Å². The molecule has 5 heteroatoms. The SMILES string of the molecule is O=C(CCC1CCCCO1)NCCCOC1CCNCC1. The number of carbonyl (C=O) groups is 1. The lowest BCUT2D eigenvalue weighted by Crippen LogP contribution is -2.33. The smallest absolute Gasteiger partial charge is 0.220 e. The van der Waals surface area contributed by atoms with Gasteiger partial charge in [0.15, 0.2) is 0 Å². The molecule has 0 aliphatic carbocycles. The summed E-state index contributed by atoms with van der Waals surface area (Å²) in [5, 5.41) is 6.30. The van der Waals surface area contributed by atoms with Crippen molar-refractivity contribution in [1.29, 1.82) is 0 Å². The normalized spacial score (nSPS) is 23.9. The zero-order valence-corrected chi connectivity index (χ0v) is 13.1. The van der Waals surface area contributed by atoms with Crippen molar-refractivity contribution < 1.29 is 14.3 Å². The highest BCUT2D eigenvalue weighted by atomic mass is 16.5. The van der Waals surface area contributed by atoms with E-state index in [-0.39, 0.29) is 5.91 Å². The first-order chi connectivity index (χ1) is 10.3. The summed E-state index contributed by atoms with van der Waals surface area (Å²) in [7, 11) is 0. The standard InChI is InChI=1S/C16H30N2O3/c19-16(6-5-14-4-1-2-12-20-14)18-9-3-13-21-15-7-10-17-11-8-15/h14-15,17H,1-13H2,(H,18,19). The van der Waals surface area contributed by atoms with Gasteiger partial charge in [0.2, 0.25) is 5.91 Å². The first-order valence-electron chi connectivity index (χ1n) is 8.55. The van der Waals surface area contributed by atoms with E-state index in [1.807, 2.05) is 0 Å². The summed E-state index contributed by atoms with van der Waals surface area (Å²) in [5.74, 6) is 0.144. The lowest BCUT2D eigenvalue weighted by Gasteiger charge is -2.23. The molecule has 2 heterocycles. The van der Waals surface area contributed by atoms with Crippen LogP contribution in [0.25, 0.3) is 0 Å². The van der Waals surface area contributed by atoms with Crippen LogP contribution in [-0.4, -0.2) is 51.0 Å². The van der Waals surface area contributed by atoms with Gasteiger partial charge in [-0.3, -0.25) is 4.79 Å². The van der Waals surface area contributed by atoms with Crippen molar-refractivity contribution in [2.24, 2.45) is 0 Å². The number of hydrogen-bond acceptors (Lipinski definition) is 4. The van der Waals surface area contributed by atoms with Gasteiger partial charge in [0.1, 0.15) is 0 Å². The van der Waals surface area contributed by atoms with Crippen LogP contribution in [-0.2, 0) is 14.3 Å². The molecule has 0 aromatic rings. The Morgan fingerprint density at radius 3 is 2.86 bits per heavy atom. The number of amides is 1. The summed E-state index contributed by atoms with van der Waals surface area (Å²) < 4.78 is 11.4. The molecule has 2 aliphatic heterocycles. The van der Waals surface area contributed by atoms with Crippen LogP contribution in [0.2, 0.25) is 0 Å². The van der Waals surface area contributed by atoms with Crippen LogP contribution in [0.5, 0.6) is 0 Å². The molecule has 1 atom stereocenters. The lowest BCUT2D eigenvalue weighted by atomic mass is 10.0. The Hall–Kier alpha value is -0.650. The maximum Gasteiger partial charge on any atom is 0.220 e. The second-order valence-corrected chi connectivity index (χ2v) is 6.05. The minimum absolute atomic E-state index is 0.144. The van der Waals surface area contributed by atoms with E-state index < -0.39 is 0 Å². The van der Waals surface area contributed by atoms with E-state index in [9.17, 15) is 4.79 Å². The van der Waals surface area contributed by atoms with Gasteiger partial charge in [0.05, 0.1) is 12.2 Å². The molecule has 5 nitrogen and oxygen atoms in total. The summed E-state index contributed by atoms with van der Waals surface area (Å²) in [4.78, 5) is 11.7. The van der Waals surface area contributed by atoms with Crippen molar-refractivity contribution in [3.05, 3.63) is 0 Å². The predicted octanol–water partition coefficient (Wildman–Crippen LogP) is 1.61. The number of hydrogen-bond donors (Lipinski definition) is 2. The number of rotatable bonds is 8. The highest BCUT2D eigenvalue weighted by Crippen LogP contribution is 2.16. The maximum absolute atomic E-state index is 11.7. The fourth-order valence-electron chi connectivity index (χ4n) is 2.93. The van der Waals surface area contributed by atoms with Crippen molar-refractivity contribution in [2.75, 3.05) is 32.8 Å². The van der Waals surface area contributed by atoms with Gasteiger partial charge in [-0.05, 0) is 58.0 Å². The van der Waals surface area contributed by atoms with Gasteiger partial charge in [0, 0.05) is 26.2 Å². The van der Waals surface area contributed by atoms with Gasteiger partial charge in [-0.15, -0.1) is 0 Å². The highest BCUT2D eigenvalue weighted by Gasteiger charge is 2.15. The summed E-state index contributed by atoms with van der Waals surface area (Å²) in [6.07, 6.45) is 8.77. The zero-order chi connectivity index (χ0) is 14.8. The lowest BCUT2D eigenvalue weighted by molar-refractivity contribution is -0.122. The van der Waals surface area contributed by atoms with Crippen molar-refractivity contribution in [3.63, 3.8) is 0 Å². The zero-order valence-electron chi connectivity index (χ0n) is 13.1. The minimum atomic E-state index is 0.144. The molecule has 0 aromatic carbocycles. The van der Waals surface area contributed by atoms with E-state index in [0.717, 1.165) is 65.0 Å². The molecule has 0 spiro atoms. The maximum atomic E-state index is 11.7. The van der Waals surface area contributed by atoms with Crippen LogP contribution >= 0.6 is 0 Å². The molecule has 2 N–H and O–H groups in total. The second-order valence-electron chi connectivity index (χ2n) is 6.05. The van der Waals surface area contributed by atoms with Crippen molar-refractivity contribution in [2.45, 2.75) is 63.6 Å². The third kappa shape index (κ3) is 7.25. The molecule has 2 aliphatic rings. The molecule has 122 valence electrons. The monoisotopic (exact) mass is 298 g/mol. The molecule has 2 rings (SSSR count). The largest absolute Gasteiger partial charge is 0.378 e. The van der Waals surface area contributed by atoms with Crippen LogP contribution in [0, 0.1) is 0 Å².